The minimum absolute atomic E-state index is 0.0716. The van der Waals surface area contributed by atoms with Crippen LogP contribution in [0.15, 0.2) is 11.1 Å². The Morgan fingerprint density at radius 2 is 1.92 bits per heavy atom. The molecular formula is C19H27NO6. The molecule has 0 bridgehead atoms. The Labute approximate surface area is 153 Å². The van der Waals surface area contributed by atoms with E-state index in [1.54, 1.807) is 0 Å². The minimum Gasteiger partial charge on any atom is -0.480 e. The van der Waals surface area contributed by atoms with Gasteiger partial charge in [-0.1, -0.05) is 27.2 Å². The van der Waals surface area contributed by atoms with Gasteiger partial charge in [-0.15, -0.1) is 0 Å². The predicted octanol–water partition coefficient (Wildman–Crippen LogP) is 1.35. The van der Waals surface area contributed by atoms with Crippen LogP contribution in [0.1, 0.15) is 47.0 Å². The van der Waals surface area contributed by atoms with E-state index in [2.05, 4.69) is 13.8 Å². The molecule has 2 N–H and O–H groups in total. The van der Waals surface area contributed by atoms with Crippen LogP contribution in [0.4, 0.5) is 0 Å². The summed E-state index contributed by atoms with van der Waals surface area (Å²) in [6, 6.07) is 0. The number of hydrogen-bond acceptors (Lipinski definition) is 5. The van der Waals surface area contributed by atoms with E-state index in [0.717, 1.165) is 19.3 Å². The molecule has 1 fully saturated rings. The van der Waals surface area contributed by atoms with E-state index in [9.17, 15) is 19.5 Å². The zero-order chi connectivity index (χ0) is 19.4. The maximum Gasteiger partial charge on any atom is 0.323 e. The van der Waals surface area contributed by atoms with Crippen LogP contribution in [0.3, 0.4) is 0 Å². The zero-order valence-electron chi connectivity index (χ0n) is 15.7. The Hall–Kier alpha value is -1.89. The summed E-state index contributed by atoms with van der Waals surface area (Å²) in [7, 11) is 0. The fourth-order valence-electron chi connectivity index (χ4n) is 5.67. The molecule has 1 heterocycles. The molecule has 4 atom stereocenters. The van der Waals surface area contributed by atoms with Crippen molar-refractivity contribution < 1.29 is 29.3 Å². The molecule has 3 rings (SSSR count). The van der Waals surface area contributed by atoms with Crippen molar-refractivity contribution in [1.82, 2.24) is 4.90 Å². The maximum absolute atomic E-state index is 13.0. The summed E-state index contributed by atoms with van der Waals surface area (Å²) in [5.74, 6) is -2.08. The van der Waals surface area contributed by atoms with Gasteiger partial charge >= 0.3 is 11.9 Å². The van der Waals surface area contributed by atoms with Crippen LogP contribution in [0, 0.1) is 16.7 Å². The topological polar surface area (TPSA) is 104 Å². The van der Waals surface area contributed by atoms with Gasteiger partial charge in [0.25, 0.3) is 5.91 Å². The van der Waals surface area contributed by atoms with Crippen LogP contribution in [-0.2, 0) is 19.1 Å². The standard InChI is InChI=1S/C19H27NO6/c1-10(21)26-15-14(24)11-8-20(9-12(22)23)17(25)13(11)19(4)7-5-6-18(2,3)16(15)19/h14-16,24H,5-9H2,1-4H3,(H,22,23)/t14-,15-,16+,19-/m1/s1. The lowest BCUT2D eigenvalue weighted by molar-refractivity contribution is -0.173. The normalized spacial score (nSPS) is 35.8. The van der Waals surface area contributed by atoms with Gasteiger partial charge in [-0.3, -0.25) is 14.4 Å². The molecule has 7 heteroatoms. The number of aliphatic carboxylic acids is 1. The summed E-state index contributed by atoms with van der Waals surface area (Å²) in [5.41, 5.74) is 0.264. The van der Waals surface area contributed by atoms with Crippen molar-refractivity contribution in [2.75, 3.05) is 13.1 Å². The summed E-state index contributed by atoms with van der Waals surface area (Å²) < 4.78 is 5.56. The molecule has 0 radical (unpaired) electrons. The van der Waals surface area contributed by atoms with Crippen molar-refractivity contribution in [1.29, 1.82) is 0 Å². The van der Waals surface area contributed by atoms with Crippen molar-refractivity contribution in [3.8, 4) is 0 Å². The van der Waals surface area contributed by atoms with Gasteiger partial charge in [0.05, 0.1) is 0 Å². The number of nitrogens with zero attached hydrogens (tertiary/aromatic N) is 1. The number of hydrogen-bond donors (Lipinski definition) is 2. The fraction of sp³-hybridized carbons (Fsp3) is 0.737. The third kappa shape index (κ3) is 2.73. The highest BCUT2D eigenvalue weighted by Crippen LogP contribution is 2.61. The van der Waals surface area contributed by atoms with Gasteiger partial charge in [0.1, 0.15) is 18.8 Å². The van der Waals surface area contributed by atoms with E-state index in [1.165, 1.54) is 11.8 Å². The van der Waals surface area contributed by atoms with Crippen molar-refractivity contribution in [2.24, 2.45) is 16.7 Å². The Morgan fingerprint density at radius 3 is 2.50 bits per heavy atom. The first-order valence-corrected chi connectivity index (χ1v) is 9.09. The van der Waals surface area contributed by atoms with Gasteiger partial charge in [0.2, 0.25) is 0 Å². The molecule has 1 saturated carbocycles. The molecule has 0 aromatic carbocycles. The number of esters is 1. The number of ether oxygens (including phenoxy) is 1. The average molecular weight is 365 g/mol. The lowest BCUT2D eigenvalue weighted by atomic mass is 9.49. The first kappa shape index (κ1) is 18.9. The quantitative estimate of drug-likeness (QED) is 0.732. The van der Waals surface area contributed by atoms with E-state index < -0.39 is 36.1 Å². The molecule has 0 aromatic heterocycles. The largest absolute Gasteiger partial charge is 0.480 e. The molecule has 144 valence electrons. The molecule has 1 aliphatic heterocycles. The fourth-order valence-corrected chi connectivity index (χ4v) is 5.67. The summed E-state index contributed by atoms with van der Waals surface area (Å²) in [5, 5.41) is 20.1. The zero-order valence-corrected chi connectivity index (χ0v) is 15.7. The predicted molar refractivity (Wildman–Crippen MR) is 92.0 cm³/mol. The number of carboxylic acids is 1. The molecule has 7 nitrogen and oxygen atoms in total. The van der Waals surface area contributed by atoms with Crippen molar-refractivity contribution in [2.45, 2.75) is 59.2 Å². The second-order valence-corrected chi connectivity index (χ2v) is 8.71. The second kappa shape index (κ2) is 6.08. The molecule has 0 saturated heterocycles. The molecule has 3 aliphatic rings. The van der Waals surface area contributed by atoms with Gasteiger partial charge in [-0.25, -0.2) is 0 Å². The third-order valence-corrected chi connectivity index (χ3v) is 6.42. The smallest absolute Gasteiger partial charge is 0.323 e. The number of amides is 1. The number of carbonyl (C=O) groups excluding carboxylic acids is 2. The Morgan fingerprint density at radius 1 is 1.27 bits per heavy atom. The lowest BCUT2D eigenvalue weighted by Gasteiger charge is -2.57. The van der Waals surface area contributed by atoms with E-state index in [-0.39, 0.29) is 23.8 Å². The van der Waals surface area contributed by atoms with E-state index >= 15 is 0 Å². The summed E-state index contributed by atoms with van der Waals surface area (Å²) in [4.78, 5) is 37.1. The minimum atomic E-state index is -1.09. The summed E-state index contributed by atoms with van der Waals surface area (Å²) in [6.07, 6.45) is 0.757. The number of aliphatic hydroxyl groups is 1. The second-order valence-electron chi connectivity index (χ2n) is 8.71. The van der Waals surface area contributed by atoms with Crippen molar-refractivity contribution in [3.05, 3.63) is 11.1 Å². The maximum atomic E-state index is 13.0. The average Bonchev–Trinajstić information content (AvgIpc) is 2.80. The van der Waals surface area contributed by atoms with Crippen molar-refractivity contribution >= 4 is 17.8 Å². The van der Waals surface area contributed by atoms with Gasteiger partial charge in [0, 0.05) is 30.4 Å². The first-order valence-electron chi connectivity index (χ1n) is 9.09. The van der Waals surface area contributed by atoms with Crippen LogP contribution in [0.25, 0.3) is 0 Å². The molecule has 0 aromatic rings. The van der Waals surface area contributed by atoms with E-state index in [4.69, 9.17) is 9.84 Å². The number of aliphatic hydroxyl groups excluding tert-OH is 1. The molecular weight excluding hydrogens is 338 g/mol. The Balaban J connectivity index is 2.11. The number of carbonyl (C=O) groups is 3. The first-order chi connectivity index (χ1) is 12.0. The van der Waals surface area contributed by atoms with Crippen LogP contribution >= 0.6 is 0 Å². The Kier molecular flexibility index (Phi) is 4.42. The van der Waals surface area contributed by atoms with Gasteiger partial charge in [-0.05, 0) is 23.8 Å². The van der Waals surface area contributed by atoms with Gasteiger partial charge in [0.15, 0.2) is 0 Å². The molecule has 0 unspecified atom stereocenters. The molecule has 2 aliphatic carbocycles. The molecule has 0 spiro atoms. The summed E-state index contributed by atoms with van der Waals surface area (Å²) >= 11 is 0. The van der Waals surface area contributed by atoms with Crippen LogP contribution in [-0.4, -0.2) is 58.3 Å². The van der Waals surface area contributed by atoms with Crippen LogP contribution < -0.4 is 0 Å². The SMILES string of the molecule is CC(=O)O[C@@H]1[C@H](O)C2=C(C(=O)N(CC(=O)O)C2)[C@@]2(C)CCCC(C)(C)[C@H]12. The summed E-state index contributed by atoms with van der Waals surface area (Å²) in [6.45, 7) is 7.15. The van der Waals surface area contributed by atoms with Gasteiger partial charge in [-0.2, -0.15) is 0 Å². The number of rotatable bonds is 3. The number of carboxylic acid groups (broad SMARTS) is 1. The highest BCUT2D eigenvalue weighted by Gasteiger charge is 2.62. The molecule has 1 amide bonds. The van der Waals surface area contributed by atoms with E-state index in [0.29, 0.717) is 11.1 Å². The van der Waals surface area contributed by atoms with E-state index in [1.807, 2.05) is 6.92 Å². The highest BCUT2D eigenvalue weighted by atomic mass is 16.6. The monoisotopic (exact) mass is 365 g/mol. The van der Waals surface area contributed by atoms with Crippen LogP contribution in [0.5, 0.6) is 0 Å². The third-order valence-electron chi connectivity index (χ3n) is 6.42. The van der Waals surface area contributed by atoms with Crippen LogP contribution in [0.2, 0.25) is 0 Å². The van der Waals surface area contributed by atoms with Gasteiger partial charge < -0.3 is 19.8 Å². The number of fused-ring (bicyclic) bond motifs is 2. The highest BCUT2D eigenvalue weighted by molar-refractivity contribution is 6.00. The van der Waals surface area contributed by atoms with Crippen molar-refractivity contribution in [3.63, 3.8) is 0 Å². The molecule has 26 heavy (non-hydrogen) atoms. The lowest BCUT2D eigenvalue weighted by Crippen LogP contribution is -2.58. The Bertz CT molecular complexity index is 696.